The van der Waals surface area contributed by atoms with Crippen LogP contribution >= 0.6 is 0 Å². The fraction of sp³-hybridized carbons (Fsp3) is 0.200. The fourth-order valence-corrected chi connectivity index (χ4v) is 3.05. The first kappa shape index (κ1) is 20.7. The third kappa shape index (κ3) is 5.08. The van der Waals surface area contributed by atoms with Crippen LogP contribution in [0.5, 0.6) is 5.75 Å². The number of benzene rings is 3. The molecule has 0 aliphatic carbocycles. The van der Waals surface area contributed by atoms with Gasteiger partial charge in [0.05, 0.1) is 6.61 Å². The second-order valence-electron chi connectivity index (χ2n) is 6.95. The van der Waals surface area contributed by atoms with E-state index < -0.39 is 11.6 Å². The first-order valence-corrected chi connectivity index (χ1v) is 9.55. The first-order chi connectivity index (χ1) is 14.0. The Bertz CT molecular complexity index is 994. The summed E-state index contributed by atoms with van der Waals surface area (Å²) in [4.78, 5) is 0. The molecule has 0 saturated carbocycles. The summed E-state index contributed by atoms with van der Waals surface area (Å²) in [7, 11) is 0. The van der Waals surface area contributed by atoms with E-state index in [4.69, 9.17) is 4.74 Å². The Balaban J connectivity index is 1.70. The van der Waals surface area contributed by atoms with Crippen LogP contribution in [0.25, 0.3) is 11.1 Å². The quantitative estimate of drug-likeness (QED) is 0.300. The smallest absolute Gasteiger partial charge is 0.201 e. The second-order valence-corrected chi connectivity index (χ2v) is 6.95. The highest BCUT2D eigenvalue weighted by molar-refractivity contribution is 5.65. The lowest BCUT2D eigenvalue weighted by molar-refractivity contribution is 0.302. The standard InChI is InChI=1S/C25H23F3O/c1-3-4-15-29-23-14-13-21(24(27)25(23)28)20-11-9-18(10-12-20)7-8-19-6-5-17(2)22(26)16-19/h3,5-6,9-14,16H,1,4,7-8,15H2,2H3. The van der Waals surface area contributed by atoms with Crippen molar-refractivity contribution in [2.45, 2.75) is 26.2 Å². The van der Waals surface area contributed by atoms with Crippen LogP contribution < -0.4 is 4.74 Å². The molecule has 0 N–H and O–H groups in total. The Morgan fingerprint density at radius 2 is 1.55 bits per heavy atom. The number of rotatable bonds is 8. The van der Waals surface area contributed by atoms with E-state index >= 15 is 0 Å². The van der Waals surface area contributed by atoms with Crippen molar-refractivity contribution in [1.82, 2.24) is 0 Å². The molecule has 3 aromatic carbocycles. The van der Waals surface area contributed by atoms with Crippen molar-refractivity contribution >= 4 is 0 Å². The molecule has 29 heavy (non-hydrogen) atoms. The molecule has 4 heteroatoms. The fourth-order valence-electron chi connectivity index (χ4n) is 3.05. The molecule has 0 aliphatic heterocycles. The van der Waals surface area contributed by atoms with Gasteiger partial charge in [0.15, 0.2) is 11.6 Å². The van der Waals surface area contributed by atoms with Crippen LogP contribution in [-0.2, 0) is 12.8 Å². The summed E-state index contributed by atoms with van der Waals surface area (Å²) in [6.07, 6.45) is 3.64. The van der Waals surface area contributed by atoms with Crippen molar-refractivity contribution in [1.29, 1.82) is 0 Å². The SMILES string of the molecule is C=CCCOc1ccc(-c2ccc(CCc3ccc(C)c(F)c3)cc2)c(F)c1F. The minimum atomic E-state index is -0.989. The summed E-state index contributed by atoms with van der Waals surface area (Å²) in [5, 5.41) is 0. The maximum Gasteiger partial charge on any atom is 0.201 e. The molecular formula is C25H23F3O. The third-order valence-electron chi connectivity index (χ3n) is 4.83. The van der Waals surface area contributed by atoms with Crippen LogP contribution in [0.3, 0.4) is 0 Å². The van der Waals surface area contributed by atoms with Gasteiger partial charge in [0.2, 0.25) is 5.82 Å². The molecule has 0 fully saturated rings. The van der Waals surface area contributed by atoms with Crippen molar-refractivity contribution in [2.24, 2.45) is 0 Å². The zero-order valence-electron chi connectivity index (χ0n) is 16.4. The van der Waals surface area contributed by atoms with Crippen LogP contribution in [0.4, 0.5) is 13.2 Å². The molecule has 0 amide bonds. The summed E-state index contributed by atoms with van der Waals surface area (Å²) in [5.41, 5.74) is 3.37. The summed E-state index contributed by atoms with van der Waals surface area (Å²) in [5.74, 6) is -2.22. The summed E-state index contributed by atoms with van der Waals surface area (Å²) < 4.78 is 47.7. The van der Waals surface area contributed by atoms with Gasteiger partial charge in [-0.25, -0.2) is 8.78 Å². The van der Waals surface area contributed by atoms with Crippen LogP contribution in [0.2, 0.25) is 0 Å². The Kier molecular flexibility index (Phi) is 6.76. The maximum atomic E-state index is 14.5. The molecule has 3 rings (SSSR count). The van der Waals surface area contributed by atoms with Crippen LogP contribution in [-0.4, -0.2) is 6.61 Å². The van der Waals surface area contributed by atoms with E-state index in [0.29, 0.717) is 24.0 Å². The Morgan fingerprint density at radius 1 is 0.862 bits per heavy atom. The van der Waals surface area contributed by atoms with Crippen molar-refractivity contribution in [2.75, 3.05) is 6.61 Å². The highest BCUT2D eigenvalue weighted by atomic mass is 19.2. The molecule has 0 aromatic heterocycles. The van der Waals surface area contributed by atoms with Gasteiger partial charge in [-0.3, -0.25) is 0 Å². The van der Waals surface area contributed by atoms with E-state index in [9.17, 15) is 13.2 Å². The van der Waals surface area contributed by atoms with Crippen molar-refractivity contribution < 1.29 is 17.9 Å². The lowest BCUT2D eigenvalue weighted by Crippen LogP contribution is -2.00. The molecule has 0 spiro atoms. The van der Waals surface area contributed by atoms with Gasteiger partial charge in [0, 0.05) is 5.56 Å². The molecule has 3 aromatic rings. The summed E-state index contributed by atoms with van der Waals surface area (Å²) in [6.45, 7) is 5.55. The predicted octanol–water partition coefficient (Wildman–Crippen LogP) is 6.82. The summed E-state index contributed by atoms with van der Waals surface area (Å²) >= 11 is 0. The average molecular weight is 396 g/mol. The zero-order chi connectivity index (χ0) is 20.8. The second kappa shape index (κ2) is 9.46. The Hall–Kier alpha value is -3.01. The van der Waals surface area contributed by atoms with E-state index in [1.807, 2.05) is 18.2 Å². The number of hydrogen-bond acceptors (Lipinski definition) is 1. The molecule has 0 aliphatic rings. The van der Waals surface area contributed by atoms with Crippen molar-refractivity contribution in [3.05, 3.63) is 101 Å². The lowest BCUT2D eigenvalue weighted by Gasteiger charge is -2.10. The highest BCUT2D eigenvalue weighted by Gasteiger charge is 2.15. The molecule has 0 atom stereocenters. The molecule has 0 unspecified atom stereocenters. The number of ether oxygens (including phenoxy) is 1. The van der Waals surface area contributed by atoms with Gasteiger partial charge in [0.25, 0.3) is 0 Å². The Morgan fingerprint density at radius 3 is 2.24 bits per heavy atom. The van der Waals surface area contributed by atoms with Crippen molar-refractivity contribution in [3.8, 4) is 16.9 Å². The van der Waals surface area contributed by atoms with E-state index in [1.54, 1.807) is 37.3 Å². The summed E-state index contributed by atoms with van der Waals surface area (Å²) in [6, 6.07) is 15.5. The van der Waals surface area contributed by atoms with Crippen LogP contribution in [0.15, 0.2) is 67.3 Å². The van der Waals surface area contributed by atoms with E-state index in [0.717, 1.165) is 17.5 Å². The van der Waals surface area contributed by atoms with Crippen LogP contribution in [0, 0.1) is 24.4 Å². The predicted molar refractivity (Wildman–Crippen MR) is 111 cm³/mol. The van der Waals surface area contributed by atoms with Gasteiger partial charge in [-0.1, -0.05) is 42.5 Å². The minimum Gasteiger partial charge on any atom is -0.490 e. The number of aryl methyl sites for hydroxylation is 3. The normalized spacial score (nSPS) is 10.8. The molecular weight excluding hydrogens is 373 g/mol. The van der Waals surface area contributed by atoms with Gasteiger partial charge in [-0.2, -0.15) is 4.39 Å². The molecule has 150 valence electrons. The van der Waals surface area contributed by atoms with E-state index in [-0.39, 0.29) is 23.7 Å². The van der Waals surface area contributed by atoms with Gasteiger partial charge < -0.3 is 4.74 Å². The monoisotopic (exact) mass is 396 g/mol. The largest absolute Gasteiger partial charge is 0.490 e. The molecule has 0 heterocycles. The topological polar surface area (TPSA) is 9.23 Å². The molecule has 0 saturated heterocycles. The molecule has 1 nitrogen and oxygen atoms in total. The van der Waals surface area contributed by atoms with Crippen LogP contribution in [0.1, 0.15) is 23.1 Å². The first-order valence-electron chi connectivity index (χ1n) is 9.55. The number of hydrogen-bond donors (Lipinski definition) is 0. The lowest BCUT2D eigenvalue weighted by atomic mass is 9.99. The number of halogens is 3. The zero-order valence-corrected chi connectivity index (χ0v) is 16.4. The van der Waals surface area contributed by atoms with E-state index in [2.05, 4.69) is 6.58 Å². The van der Waals surface area contributed by atoms with Gasteiger partial charge >= 0.3 is 0 Å². The van der Waals surface area contributed by atoms with Gasteiger partial charge in [-0.15, -0.1) is 6.58 Å². The molecule has 0 bridgehead atoms. The van der Waals surface area contributed by atoms with Gasteiger partial charge in [-0.05, 0) is 66.6 Å². The Labute approximate surface area is 169 Å². The maximum absolute atomic E-state index is 14.5. The average Bonchev–Trinajstić information content (AvgIpc) is 2.73. The molecule has 0 radical (unpaired) electrons. The third-order valence-corrected chi connectivity index (χ3v) is 4.83. The van der Waals surface area contributed by atoms with E-state index in [1.165, 1.54) is 12.1 Å². The minimum absolute atomic E-state index is 0.102. The van der Waals surface area contributed by atoms with Gasteiger partial charge in [0.1, 0.15) is 5.82 Å². The van der Waals surface area contributed by atoms with Crippen molar-refractivity contribution in [3.63, 3.8) is 0 Å². The highest BCUT2D eigenvalue weighted by Crippen LogP contribution is 2.30.